The Balaban J connectivity index is 0.000000196. The molecule has 5 nitrogen and oxygen atoms in total. The number of fused-ring (bicyclic) bond motifs is 1. The Hall–Kier alpha value is -3.44. The van der Waals surface area contributed by atoms with Crippen molar-refractivity contribution in [1.82, 2.24) is 0 Å². The molecule has 2 amide bonds. The molecule has 0 bridgehead atoms. The molecule has 0 unspecified atom stereocenters. The van der Waals surface area contributed by atoms with Crippen LogP contribution in [0.2, 0.25) is 5.02 Å². The van der Waals surface area contributed by atoms with Gasteiger partial charge in [-0.25, -0.2) is 0 Å². The maximum Gasteiger partial charge on any atom is 0.248 e. The third-order valence-electron chi connectivity index (χ3n) is 4.86. The van der Waals surface area contributed by atoms with E-state index in [-0.39, 0.29) is 18.4 Å². The summed E-state index contributed by atoms with van der Waals surface area (Å²) in [5.74, 6) is -0.270. The van der Waals surface area contributed by atoms with Crippen molar-refractivity contribution in [3.05, 3.63) is 101 Å². The molecule has 4 rings (SSSR count). The molecule has 1 aliphatic rings. The maximum absolute atomic E-state index is 12.0. The molecule has 0 atom stereocenters. The number of benzodiazepines with no additional fused rings is 1. The van der Waals surface area contributed by atoms with Crippen molar-refractivity contribution < 1.29 is 9.59 Å². The van der Waals surface area contributed by atoms with Gasteiger partial charge in [-0.3, -0.25) is 14.6 Å². The van der Waals surface area contributed by atoms with Gasteiger partial charge in [0.05, 0.1) is 11.4 Å². The minimum atomic E-state index is -0.282. The lowest BCUT2D eigenvalue weighted by Crippen LogP contribution is -2.27. The van der Waals surface area contributed by atoms with E-state index in [4.69, 9.17) is 17.3 Å². The van der Waals surface area contributed by atoms with Crippen LogP contribution in [0.1, 0.15) is 23.1 Å². The highest BCUT2D eigenvalue weighted by Gasteiger charge is 2.21. The Labute approximate surface area is 187 Å². The quantitative estimate of drug-likeness (QED) is 0.667. The number of halogens is 1. The topological polar surface area (TPSA) is 75.8 Å². The number of nitrogens with two attached hydrogens (primary N) is 1. The first-order valence-corrected chi connectivity index (χ1v) is 10.3. The van der Waals surface area contributed by atoms with Crippen molar-refractivity contribution in [3.63, 3.8) is 0 Å². The predicted octanol–water partition coefficient (Wildman–Crippen LogP) is 4.26. The zero-order valence-corrected chi connectivity index (χ0v) is 18.0. The van der Waals surface area contributed by atoms with Gasteiger partial charge in [0.25, 0.3) is 0 Å². The largest absolute Gasteiger partial charge is 0.370 e. The highest BCUT2D eigenvalue weighted by atomic mass is 35.5. The van der Waals surface area contributed by atoms with Crippen LogP contribution in [0.5, 0.6) is 0 Å². The summed E-state index contributed by atoms with van der Waals surface area (Å²) in [7, 11) is 1.80. The predicted molar refractivity (Wildman–Crippen MR) is 126 cm³/mol. The number of aliphatic imine (C=N–C) groups is 1. The SMILES string of the molecule is CN1C(=O)CN=C(c2ccccc2)c2ccccc21.NC(=O)CCc1cccc(Cl)c1. The van der Waals surface area contributed by atoms with Gasteiger partial charge in [-0.2, -0.15) is 0 Å². The average Bonchev–Trinajstić information content (AvgIpc) is 2.90. The third-order valence-corrected chi connectivity index (χ3v) is 5.10. The third kappa shape index (κ3) is 6.03. The molecule has 0 saturated heterocycles. The number of hydrogen-bond donors (Lipinski definition) is 1. The molecule has 0 radical (unpaired) electrons. The van der Waals surface area contributed by atoms with Gasteiger partial charge in [-0.1, -0.05) is 72.3 Å². The van der Waals surface area contributed by atoms with Crippen molar-refractivity contribution >= 4 is 34.8 Å². The molecule has 0 spiro atoms. The van der Waals surface area contributed by atoms with Crippen molar-refractivity contribution in [2.24, 2.45) is 10.7 Å². The van der Waals surface area contributed by atoms with Crippen LogP contribution < -0.4 is 10.6 Å². The molecular formula is C25H24ClN3O2. The number of carbonyl (C=O) groups is 2. The lowest BCUT2D eigenvalue weighted by Gasteiger charge is -2.17. The summed E-state index contributed by atoms with van der Waals surface area (Å²) in [6, 6.07) is 25.3. The van der Waals surface area contributed by atoms with Crippen LogP contribution in [0.15, 0.2) is 83.9 Å². The fourth-order valence-electron chi connectivity index (χ4n) is 3.24. The molecule has 31 heavy (non-hydrogen) atoms. The number of primary amides is 1. The van der Waals surface area contributed by atoms with Crippen molar-refractivity contribution in [3.8, 4) is 0 Å². The van der Waals surface area contributed by atoms with Gasteiger partial charge in [0, 0.05) is 29.6 Å². The van der Waals surface area contributed by atoms with Gasteiger partial charge in [0.15, 0.2) is 0 Å². The Morgan fingerprint density at radius 2 is 1.74 bits per heavy atom. The number of para-hydroxylation sites is 1. The Bertz CT molecular complexity index is 1100. The summed E-state index contributed by atoms with van der Waals surface area (Å²) >= 11 is 5.74. The normalized spacial score (nSPS) is 12.8. The van der Waals surface area contributed by atoms with Crippen LogP contribution >= 0.6 is 11.6 Å². The molecule has 1 aliphatic heterocycles. The molecule has 0 aliphatic carbocycles. The number of amides is 2. The van der Waals surface area contributed by atoms with E-state index in [0.29, 0.717) is 17.9 Å². The maximum atomic E-state index is 12.0. The van der Waals surface area contributed by atoms with E-state index in [0.717, 1.165) is 28.1 Å². The summed E-state index contributed by atoms with van der Waals surface area (Å²) < 4.78 is 0. The first-order valence-electron chi connectivity index (χ1n) is 9.94. The van der Waals surface area contributed by atoms with Crippen molar-refractivity contribution in [1.29, 1.82) is 0 Å². The van der Waals surface area contributed by atoms with E-state index in [2.05, 4.69) is 4.99 Å². The van der Waals surface area contributed by atoms with Crippen LogP contribution in [0.25, 0.3) is 0 Å². The minimum Gasteiger partial charge on any atom is -0.370 e. The monoisotopic (exact) mass is 433 g/mol. The van der Waals surface area contributed by atoms with Crippen molar-refractivity contribution in [2.45, 2.75) is 12.8 Å². The molecule has 3 aromatic carbocycles. The van der Waals surface area contributed by atoms with Crippen LogP contribution in [0.3, 0.4) is 0 Å². The van der Waals surface area contributed by atoms with E-state index in [9.17, 15) is 9.59 Å². The number of carbonyl (C=O) groups excluding carboxylic acids is 2. The molecule has 0 fully saturated rings. The summed E-state index contributed by atoms with van der Waals surface area (Å²) in [4.78, 5) is 28.6. The van der Waals surface area contributed by atoms with Gasteiger partial charge in [0.1, 0.15) is 6.54 Å². The average molecular weight is 434 g/mol. The van der Waals surface area contributed by atoms with E-state index < -0.39 is 0 Å². The summed E-state index contributed by atoms with van der Waals surface area (Å²) in [5.41, 5.74) is 9.88. The fourth-order valence-corrected chi connectivity index (χ4v) is 3.45. The Morgan fingerprint density at radius 1 is 1.03 bits per heavy atom. The van der Waals surface area contributed by atoms with Gasteiger partial charge in [-0.15, -0.1) is 0 Å². The minimum absolute atomic E-state index is 0.0124. The van der Waals surface area contributed by atoms with Gasteiger partial charge in [-0.05, 0) is 30.2 Å². The highest BCUT2D eigenvalue weighted by molar-refractivity contribution is 6.30. The van der Waals surface area contributed by atoms with Crippen LogP contribution in [-0.2, 0) is 16.0 Å². The smallest absolute Gasteiger partial charge is 0.248 e. The van der Waals surface area contributed by atoms with Crippen LogP contribution in [0, 0.1) is 0 Å². The number of anilines is 1. The molecule has 6 heteroatoms. The second-order valence-electron chi connectivity index (χ2n) is 7.10. The van der Waals surface area contributed by atoms with Gasteiger partial charge in [0.2, 0.25) is 11.8 Å². The van der Waals surface area contributed by atoms with Crippen LogP contribution in [-0.4, -0.2) is 31.1 Å². The number of aryl methyl sites for hydroxylation is 1. The zero-order valence-electron chi connectivity index (χ0n) is 17.3. The number of rotatable bonds is 4. The van der Waals surface area contributed by atoms with E-state index in [1.165, 1.54) is 0 Å². The number of likely N-dealkylation sites (N-methyl/N-ethyl adjacent to an activating group) is 1. The summed E-state index contributed by atoms with van der Waals surface area (Å²) in [5, 5.41) is 0.692. The van der Waals surface area contributed by atoms with Gasteiger partial charge >= 0.3 is 0 Å². The number of benzene rings is 3. The summed E-state index contributed by atoms with van der Waals surface area (Å²) in [6.07, 6.45) is 1.04. The standard InChI is InChI=1S/C16H14N2O.C9H10ClNO/c1-18-14-10-6-5-9-13(14)16(17-11-15(18)19)12-7-3-2-4-8-12;10-8-3-1-2-7(6-8)4-5-9(11)12/h2-10H,11H2,1H3;1-3,6H,4-5H2,(H2,11,12). The molecule has 158 valence electrons. The van der Waals surface area contributed by atoms with E-state index >= 15 is 0 Å². The fraction of sp³-hybridized carbons (Fsp3) is 0.160. The highest BCUT2D eigenvalue weighted by Crippen LogP contribution is 2.25. The lowest BCUT2D eigenvalue weighted by molar-refractivity contribution is -0.118. The molecule has 1 heterocycles. The zero-order chi connectivity index (χ0) is 22.2. The van der Waals surface area contributed by atoms with Crippen LogP contribution in [0.4, 0.5) is 5.69 Å². The molecule has 0 saturated carbocycles. The first kappa shape index (κ1) is 22.2. The molecule has 0 aromatic heterocycles. The second kappa shape index (κ2) is 10.5. The molecular weight excluding hydrogens is 410 g/mol. The van der Waals surface area contributed by atoms with E-state index in [1.807, 2.05) is 72.8 Å². The molecule has 3 aromatic rings. The molecule has 2 N–H and O–H groups in total. The summed E-state index contributed by atoms with van der Waals surface area (Å²) in [6.45, 7) is 0.190. The second-order valence-corrected chi connectivity index (χ2v) is 7.53. The first-order chi connectivity index (χ1) is 15.0. The Morgan fingerprint density at radius 3 is 2.45 bits per heavy atom. The van der Waals surface area contributed by atoms with Crippen molar-refractivity contribution in [2.75, 3.05) is 18.5 Å². The number of nitrogens with zero attached hydrogens (tertiary/aromatic N) is 2. The number of hydrogen-bond acceptors (Lipinski definition) is 3. The Kier molecular flexibility index (Phi) is 7.57. The van der Waals surface area contributed by atoms with Gasteiger partial charge < -0.3 is 10.6 Å². The van der Waals surface area contributed by atoms with E-state index in [1.54, 1.807) is 18.0 Å². The lowest BCUT2D eigenvalue weighted by atomic mass is 10.0.